The molecule has 0 saturated heterocycles. The molecule has 0 spiro atoms. The van der Waals surface area contributed by atoms with Gasteiger partial charge in [-0.2, -0.15) is 0 Å². The number of ether oxygens (including phenoxy) is 2. The Bertz CT molecular complexity index is 1430. The molecule has 164 valence electrons. The number of ketones is 1. The molecule has 0 fully saturated rings. The second-order valence-corrected chi connectivity index (χ2v) is 8.22. The van der Waals surface area contributed by atoms with Crippen LogP contribution in [0.3, 0.4) is 0 Å². The smallest absolute Gasteiger partial charge is 0.240 e. The highest BCUT2D eigenvalue weighted by molar-refractivity contribution is 6.19. The van der Waals surface area contributed by atoms with E-state index in [9.17, 15) is 4.79 Å². The molecule has 0 aliphatic carbocycles. The highest BCUT2D eigenvalue weighted by Gasteiger charge is 2.56. The van der Waals surface area contributed by atoms with E-state index in [1.165, 1.54) is 24.9 Å². The minimum absolute atomic E-state index is 0.339. The van der Waals surface area contributed by atoms with Gasteiger partial charge >= 0.3 is 0 Å². The van der Waals surface area contributed by atoms with Gasteiger partial charge in [0.25, 0.3) is 0 Å². The van der Waals surface area contributed by atoms with E-state index >= 15 is 0 Å². The lowest BCUT2D eigenvalue weighted by molar-refractivity contribution is -0.146. The number of hydrogen-bond donors (Lipinski definition) is 0. The van der Waals surface area contributed by atoms with Crippen LogP contribution in [0.4, 0.5) is 0 Å². The van der Waals surface area contributed by atoms with Crippen LogP contribution in [-0.2, 0) is 25.5 Å². The Morgan fingerprint density at radius 3 is 1.47 bits per heavy atom. The van der Waals surface area contributed by atoms with Gasteiger partial charge in [-0.05, 0) is 21.5 Å². The summed E-state index contributed by atoms with van der Waals surface area (Å²) in [6.45, 7) is 0. The van der Waals surface area contributed by atoms with Crippen molar-refractivity contribution in [3.05, 3.63) is 121 Å². The number of Topliss-reactive ketones (excluding diaryl/α,β-unsaturated/α-hetero) is 1. The minimum atomic E-state index is -1.52. The van der Waals surface area contributed by atoms with Crippen molar-refractivity contribution in [2.45, 2.75) is 11.2 Å². The van der Waals surface area contributed by atoms with Gasteiger partial charge in [-0.15, -0.1) is 0 Å². The van der Waals surface area contributed by atoms with Crippen LogP contribution >= 0.6 is 0 Å². The fourth-order valence-corrected chi connectivity index (χ4v) is 4.81. The van der Waals surface area contributed by atoms with Crippen LogP contribution in [0.15, 0.2) is 120 Å². The molecule has 5 nitrogen and oxygen atoms in total. The lowest BCUT2D eigenvalue weighted by Gasteiger charge is -2.39. The minimum Gasteiger partial charge on any atom is -0.475 e. The van der Waals surface area contributed by atoms with Crippen LogP contribution in [0, 0.1) is 0 Å². The average Bonchev–Trinajstić information content (AvgIpc) is 2.93. The maximum Gasteiger partial charge on any atom is 0.240 e. The summed E-state index contributed by atoms with van der Waals surface area (Å²) in [6.07, 6.45) is 9.06. The van der Waals surface area contributed by atoms with Crippen molar-refractivity contribution < 1.29 is 14.3 Å². The maximum absolute atomic E-state index is 14.8. The van der Waals surface area contributed by atoms with Gasteiger partial charge in [0.15, 0.2) is 0 Å². The Balaban J connectivity index is 1.64. The van der Waals surface area contributed by atoms with Crippen molar-refractivity contribution in [1.29, 1.82) is 0 Å². The first-order valence-electron chi connectivity index (χ1n) is 11.0. The summed E-state index contributed by atoms with van der Waals surface area (Å²) in [6, 6.07) is 27.5. The summed E-state index contributed by atoms with van der Waals surface area (Å²) in [5.41, 5.74) is -1.67. The number of carbonyl (C=O) groups is 1. The molecule has 2 atom stereocenters. The molecule has 2 unspecified atom stereocenters. The highest BCUT2D eigenvalue weighted by Crippen LogP contribution is 2.42. The SMILES string of the molecule is O=C(C1(c2cccc3ccccc23)C=NC=CO1)C1(c2cccc3ccccc23)C=NC=CO1. The largest absolute Gasteiger partial charge is 0.475 e. The Hall–Kier alpha value is -4.51. The van der Waals surface area contributed by atoms with Crippen molar-refractivity contribution in [2.24, 2.45) is 9.98 Å². The van der Waals surface area contributed by atoms with E-state index in [4.69, 9.17) is 9.47 Å². The van der Waals surface area contributed by atoms with E-state index in [2.05, 4.69) is 9.98 Å². The van der Waals surface area contributed by atoms with Crippen molar-refractivity contribution >= 4 is 39.8 Å². The molecule has 0 N–H and O–H groups in total. The van der Waals surface area contributed by atoms with Crippen molar-refractivity contribution in [3.8, 4) is 0 Å². The topological polar surface area (TPSA) is 60.2 Å². The lowest BCUT2D eigenvalue weighted by Crippen LogP contribution is -2.54. The van der Waals surface area contributed by atoms with Crippen LogP contribution in [0.25, 0.3) is 21.5 Å². The molecule has 4 aromatic carbocycles. The van der Waals surface area contributed by atoms with Crippen molar-refractivity contribution in [3.63, 3.8) is 0 Å². The van der Waals surface area contributed by atoms with E-state index < -0.39 is 11.2 Å². The Morgan fingerprint density at radius 1 is 0.588 bits per heavy atom. The summed E-state index contributed by atoms with van der Waals surface area (Å²) in [5.74, 6) is -0.339. The van der Waals surface area contributed by atoms with E-state index in [1.54, 1.807) is 12.4 Å². The third kappa shape index (κ3) is 2.90. The monoisotopic (exact) mass is 444 g/mol. The zero-order chi connectivity index (χ0) is 23.0. The Kier molecular flexibility index (Phi) is 4.62. The number of carbonyl (C=O) groups excluding carboxylic acids is 1. The molecule has 0 aromatic heterocycles. The van der Waals surface area contributed by atoms with Gasteiger partial charge in [-0.1, -0.05) is 84.9 Å². The molecule has 2 aliphatic heterocycles. The van der Waals surface area contributed by atoms with Crippen LogP contribution < -0.4 is 0 Å². The quantitative estimate of drug-likeness (QED) is 0.400. The molecule has 34 heavy (non-hydrogen) atoms. The Labute approximate surface area is 196 Å². The van der Waals surface area contributed by atoms with Gasteiger partial charge in [-0.25, -0.2) is 0 Å². The van der Waals surface area contributed by atoms with Gasteiger partial charge in [0, 0.05) is 11.1 Å². The molecule has 5 heteroatoms. The molecular weight excluding hydrogens is 424 g/mol. The van der Waals surface area contributed by atoms with Crippen LogP contribution in [0.2, 0.25) is 0 Å². The van der Waals surface area contributed by atoms with E-state index in [-0.39, 0.29) is 5.78 Å². The van der Waals surface area contributed by atoms with E-state index in [0.717, 1.165) is 21.5 Å². The van der Waals surface area contributed by atoms with E-state index in [1.807, 2.05) is 84.9 Å². The van der Waals surface area contributed by atoms with Crippen LogP contribution in [0.5, 0.6) is 0 Å². The number of hydrogen-bond acceptors (Lipinski definition) is 5. The third-order valence-corrected chi connectivity index (χ3v) is 6.37. The number of aliphatic imine (C=N–C) groups is 2. The summed E-state index contributed by atoms with van der Waals surface area (Å²) in [5, 5.41) is 3.79. The van der Waals surface area contributed by atoms with Gasteiger partial charge in [0.2, 0.25) is 17.0 Å². The fourth-order valence-electron chi connectivity index (χ4n) is 4.81. The molecule has 0 amide bonds. The summed E-state index contributed by atoms with van der Waals surface area (Å²) < 4.78 is 12.4. The third-order valence-electron chi connectivity index (χ3n) is 6.37. The van der Waals surface area contributed by atoms with Gasteiger partial charge in [0.1, 0.15) is 12.5 Å². The second-order valence-electron chi connectivity index (χ2n) is 8.22. The molecule has 0 bridgehead atoms. The van der Waals surface area contributed by atoms with Gasteiger partial charge in [-0.3, -0.25) is 14.8 Å². The van der Waals surface area contributed by atoms with Gasteiger partial charge in [0.05, 0.1) is 24.8 Å². The van der Waals surface area contributed by atoms with Crippen LogP contribution in [0.1, 0.15) is 11.1 Å². The summed E-state index contributed by atoms with van der Waals surface area (Å²) >= 11 is 0. The summed E-state index contributed by atoms with van der Waals surface area (Å²) in [4.78, 5) is 23.5. The lowest BCUT2D eigenvalue weighted by atomic mass is 9.75. The van der Waals surface area contributed by atoms with Gasteiger partial charge < -0.3 is 9.47 Å². The molecule has 2 aliphatic rings. The molecule has 4 aromatic rings. The molecule has 0 saturated carbocycles. The van der Waals surface area contributed by atoms with Crippen molar-refractivity contribution in [1.82, 2.24) is 0 Å². The first kappa shape index (κ1) is 20.1. The molecule has 6 rings (SSSR count). The predicted octanol–water partition coefficient (Wildman–Crippen LogP) is 5.80. The highest BCUT2D eigenvalue weighted by atomic mass is 16.5. The molecular formula is C29H20N2O3. The summed E-state index contributed by atoms with van der Waals surface area (Å²) in [7, 11) is 0. The zero-order valence-electron chi connectivity index (χ0n) is 18.2. The normalized spacial score (nSPS) is 23.1. The number of benzene rings is 4. The average molecular weight is 444 g/mol. The second kappa shape index (κ2) is 7.81. The number of rotatable bonds is 4. The molecule has 2 heterocycles. The number of fused-ring (bicyclic) bond motifs is 2. The van der Waals surface area contributed by atoms with Crippen LogP contribution in [-0.4, -0.2) is 18.2 Å². The Morgan fingerprint density at radius 2 is 1.03 bits per heavy atom. The standard InChI is InChI=1S/C29H20N2O3/c32-27(28(19-30-15-17-33-28)25-13-5-9-21-7-1-3-11-23(21)25)29(20-31-16-18-34-29)26-14-6-10-22-8-2-4-12-24(22)26/h1-20H. The number of nitrogens with zero attached hydrogens (tertiary/aromatic N) is 2. The van der Waals surface area contributed by atoms with E-state index in [0.29, 0.717) is 11.1 Å². The predicted molar refractivity (Wildman–Crippen MR) is 134 cm³/mol. The zero-order valence-corrected chi connectivity index (χ0v) is 18.2. The maximum atomic E-state index is 14.8. The first-order chi connectivity index (χ1) is 16.7. The fraction of sp³-hybridized carbons (Fsp3) is 0.0690. The first-order valence-corrected chi connectivity index (χ1v) is 11.0. The molecule has 0 radical (unpaired) electrons. The van der Waals surface area contributed by atoms with Crippen molar-refractivity contribution in [2.75, 3.05) is 0 Å².